The molecule has 156 valence electrons. The summed E-state index contributed by atoms with van der Waals surface area (Å²) in [5, 5.41) is 3.29. The number of benzene rings is 2. The minimum Gasteiger partial charge on any atom is -0.497 e. The van der Waals surface area contributed by atoms with Crippen LogP contribution in [0.5, 0.6) is 11.5 Å². The van der Waals surface area contributed by atoms with Crippen molar-refractivity contribution in [3.63, 3.8) is 0 Å². The lowest BCUT2D eigenvalue weighted by molar-refractivity contribution is -0.115. The monoisotopic (exact) mass is 425 g/mol. The predicted octanol–water partition coefficient (Wildman–Crippen LogP) is 3.57. The van der Waals surface area contributed by atoms with E-state index in [0.717, 1.165) is 11.3 Å². The van der Waals surface area contributed by atoms with Crippen molar-refractivity contribution in [1.82, 2.24) is 9.97 Å². The van der Waals surface area contributed by atoms with Crippen molar-refractivity contribution < 1.29 is 14.3 Å². The Balaban J connectivity index is 1.66. The lowest BCUT2D eigenvalue weighted by Crippen LogP contribution is -2.23. The van der Waals surface area contributed by atoms with Gasteiger partial charge in [0.05, 0.1) is 20.6 Å². The van der Waals surface area contributed by atoms with Gasteiger partial charge in [0.2, 0.25) is 5.91 Å². The van der Waals surface area contributed by atoms with Crippen LogP contribution < -0.4 is 20.3 Å². The molecule has 0 aliphatic rings. The van der Waals surface area contributed by atoms with E-state index < -0.39 is 0 Å². The molecule has 0 saturated heterocycles. The van der Waals surface area contributed by atoms with Gasteiger partial charge in [0.25, 0.3) is 5.56 Å². The number of anilines is 1. The van der Waals surface area contributed by atoms with Crippen LogP contribution >= 0.6 is 11.8 Å². The molecule has 1 amide bonds. The maximum atomic E-state index is 12.5. The third-order valence-electron chi connectivity index (χ3n) is 4.40. The van der Waals surface area contributed by atoms with Crippen LogP contribution in [0.15, 0.2) is 58.5 Å². The van der Waals surface area contributed by atoms with Crippen molar-refractivity contribution in [2.75, 3.05) is 19.5 Å². The summed E-state index contributed by atoms with van der Waals surface area (Å²) in [6.45, 7) is 1.74. The average Bonchev–Trinajstić information content (AvgIpc) is 2.75. The zero-order valence-electron chi connectivity index (χ0n) is 17.0. The van der Waals surface area contributed by atoms with Gasteiger partial charge in [-0.1, -0.05) is 30.0 Å². The topological polar surface area (TPSA) is 93.3 Å². The summed E-state index contributed by atoms with van der Waals surface area (Å²) in [7, 11) is 3.18. The van der Waals surface area contributed by atoms with Gasteiger partial charge in [0.15, 0.2) is 5.16 Å². The lowest BCUT2D eigenvalue weighted by Gasteiger charge is -2.09. The van der Waals surface area contributed by atoms with Crippen molar-refractivity contribution >= 4 is 23.4 Å². The molecule has 0 unspecified atom stereocenters. The molecule has 0 aliphatic carbocycles. The molecule has 8 heteroatoms. The first-order valence-corrected chi connectivity index (χ1v) is 10.3. The third kappa shape index (κ3) is 5.64. The minimum atomic E-state index is -0.309. The number of nitrogens with zero attached hydrogens (tertiary/aromatic N) is 1. The molecule has 2 N–H and O–H groups in total. The number of nitrogens with one attached hydrogen (secondary N) is 2. The normalized spacial score (nSPS) is 10.5. The van der Waals surface area contributed by atoms with Gasteiger partial charge in [-0.2, -0.15) is 0 Å². The zero-order valence-corrected chi connectivity index (χ0v) is 17.8. The first-order chi connectivity index (χ1) is 14.5. The maximum Gasteiger partial charge on any atom is 0.255 e. The van der Waals surface area contributed by atoms with Crippen molar-refractivity contribution in [3.8, 4) is 11.5 Å². The van der Waals surface area contributed by atoms with Crippen LogP contribution in [0.2, 0.25) is 0 Å². The quantitative estimate of drug-likeness (QED) is 0.423. The Labute approximate surface area is 178 Å². The largest absolute Gasteiger partial charge is 0.497 e. The Kier molecular flexibility index (Phi) is 7.13. The van der Waals surface area contributed by atoms with Gasteiger partial charge >= 0.3 is 0 Å². The summed E-state index contributed by atoms with van der Waals surface area (Å²) in [6, 6.07) is 14.8. The fourth-order valence-corrected chi connectivity index (χ4v) is 3.69. The smallest absolute Gasteiger partial charge is 0.255 e. The Morgan fingerprint density at radius 1 is 1.10 bits per heavy atom. The van der Waals surface area contributed by atoms with E-state index in [1.807, 2.05) is 24.3 Å². The van der Waals surface area contributed by atoms with Gasteiger partial charge < -0.3 is 19.8 Å². The molecule has 0 atom stereocenters. The molecule has 0 radical (unpaired) electrons. The van der Waals surface area contributed by atoms with Crippen LogP contribution in [0.4, 0.5) is 5.69 Å². The molecule has 3 aromatic rings. The van der Waals surface area contributed by atoms with Crippen LogP contribution in [0.3, 0.4) is 0 Å². The average molecular weight is 426 g/mol. The Bertz CT molecular complexity index is 1100. The van der Waals surface area contributed by atoms with E-state index >= 15 is 0 Å². The van der Waals surface area contributed by atoms with E-state index in [-0.39, 0.29) is 17.9 Å². The summed E-state index contributed by atoms with van der Waals surface area (Å²) in [5.74, 6) is 1.76. The number of carbonyl (C=O) groups excluding carboxylic acids is 1. The Hall–Kier alpha value is -3.26. The lowest BCUT2D eigenvalue weighted by atomic mass is 10.1. The minimum absolute atomic E-state index is 0.0633. The number of amides is 1. The van der Waals surface area contributed by atoms with Gasteiger partial charge in [0.1, 0.15) is 11.5 Å². The molecular formula is C22H23N3O4S. The van der Waals surface area contributed by atoms with Crippen LogP contribution in [0, 0.1) is 6.92 Å². The number of hydrogen-bond acceptors (Lipinski definition) is 6. The molecule has 2 aromatic carbocycles. The van der Waals surface area contributed by atoms with Gasteiger partial charge in [-0.15, -0.1) is 0 Å². The second-order valence-electron chi connectivity index (χ2n) is 6.53. The van der Waals surface area contributed by atoms with Crippen molar-refractivity contribution in [3.05, 3.63) is 75.7 Å². The number of methoxy groups -OCH3 is 2. The predicted molar refractivity (Wildman–Crippen MR) is 117 cm³/mol. The van der Waals surface area contributed by atoms with Crippen molar-refractivity contribution in [2.24, 2.45) is 0 Å². The highest BCUT2D eigenvalue weighted by Gasteiger charge is 2.14. The number of carbonyl (C=O) groups is 1. The molecular weight excluding hydrogens is 402 g/mol. The second-order valence-corrected chi connectivity index (χ2v) is 7.50. The molecule has 7 nitrogen and oxygen atoms in total. The van der Waals surface area contributed by atoms with Crippen LogP contribution in [-0.4, -0.2) is 30.1 Å². The fraction of sp³-hybridized carbons (Fsp3) is 0.227. The van der Waals surface area contributed by atoms with Crippen molar-refractivity contribution in [1.29, 1.82) is 0 Å². The van der Waals surface area contributed by atoms with E-state index in [4.69, 9.17) is 9.47 Å². The van der Waals surface area contributed by atoms with E-state index in [2.05, 4.69) is 15.3 Å². The molecule has 0 fully saturated rings. The summed E-state index contributed by atoms with van der Waals surface area (Å²) >= 11 is 1.42. The molecule has 30 heavy (non-hydrogen) atoms. The molecule has 0 spiro atoms. The number of thioether (sulfide) groups is 1. The molecule has 1 aromatic heterocycles. The molecule has 3 rings (SSSR count). The SMILES string of the molecule is COc1cccc(CSc2nc(C)c(CC(=O)Nc3cccc(OC)c3)c(=O)[nH]2)c1. The first kappa shape index (κ1) is 21.4. The number of hydrogen-bond donors (Lipinski definition) is 2. The highest BCUT2D eigenvalue weighted by Crippen LogP contribution is 2.22. The van der Waals surface area contributed by atoms with Gasteiger partial charge in [0, 0.05) is 28.8 Å². The first-order valence-electron chi connectivity index (χ1n) is 9.28. The highest BCUT2D eigenvalue weighted by molar-refractivity contribution is 7.98. The van der Waals surface area contributed by atoms with E-state index in [1.165, 1.54) is 11.8 Å². The number of aromatic amines is 1. The van der Waals surface area contributed by atoms with Crippen LogP contribution in [0.25, 0.3) is 0 Å². The summed E-state index contributed by atoms with van der Waals surface area (Å²) in [4.78, 5) is 32.1. The van der Waals surface area contributed by atoms with Crippen LogP contribution in [-0.2, 0) is 17.0 Å². The summed E-state index contributed by atoms with van der Waals surface area (Å²) in [5.41, 5.74) is 2.23. The van der Waals surface area contributed by atoms with E-state index in [1.54, 1.807) is 45.4 Å². The highest BCUT2D eigenvalue weighted by atomic mass is 32.2. The number of aryl methyl sites for hydroxylation is 1. The second kappa shape index (κ2) is 9.98. The van der Waals surface area contributed by atoms with Gasteiger partial charge in [-0.05, 0) is 36.8 Å². The Morgan fingerprint density at radius 2 is 1.80 bits per heavy atom. The third-order valence-corrected chi connectivity index (χ3v) is 5.35. The number of aromatic nitrogens is 2. The van der Waals surface area contributed by atoms with Crippen molar-refractivity contribution in [2.45, 2.75) is 24.3 Å². The molecule has 0 saturated carbocycles. The standard InChI is InChI=1S/C22H23N3O4S/c1-14-19(12-20(26)24-16-7-5-9-18(11-16)29-3)21(27)25-22(23-14)30-13-15-6-4-8-17(10-15)28-2/h4-11H,12-13H2,1-3H3,(H,24,26)(H,23,25,27). The molecule has 1 heterocycles. The number of rotatable bonds is 8. The van der Waals surface area contributed by atoms with Crippen LogP contribution in [0.1, 0.15) is 16.8 Å². The maximum absolute atomic E-state index is 12.5. The van der Waals surface area contributed by atoms with E-state index in [0.29, 0.717) is 33.6 Å². The van der Waals surface area contributed by atoms with E-state index in [9.17, 15) is 9.59 Å². The Morgan fingerprint density at radius 3 is 2.50 bits per heavy atom. The number of H-pyrrole nitrogens is 1. The fourth-order valence-electron chi connectivity index (χ4n) is 2.84. The van der Waals surface area contributed by atoms with Gasteiger partial charge in [-0.25, -0.2) is 4.98 Å². The van der Waals surface area contributed by atoms with Gasteiger partial charge in [-0.3, -0.25) is 9.59 Å². The molecule has 0 bridgehead atoms. The summed E-state index contributed by atoms with van der Waals surface area (Å²) < 4.78 is 10.4. The molecule has 0 aliphatic heterocycles. The summed E-state index contributed by atoms with van der Waals surface area (Å²) in [6.07, 6.45) is -0.0633. The number of ether oxygens (including phenoxy) is 2. The zero-order chi connectivity index (χ0) is 21.5.